The average Bonchev–Trinajstić information content (AvgIpc) is 3.29. The summed E-state index contributed by atoms with van der Waals surface area (Å²) < 4.78 is 27.1. The van der Waals surface area contributed by atoms with E-state index in [1.807, 2.05) is 6.20 Å². The van der Waals surface area contributed by atoms with Crippen LogP contribution in [-0.2, 0) is 16.6 Å². The minimum Gasteiger partial charge on any atom is -0.361 e. The molecule has 2 fully saturated rings. The number of benzene rings is 1. The zero-order valence-corrected chi connectivity index (χ0v) is 14.1. The van der Waals surface area contributed by atoms with E-state index in [9.17, 15) is 8.42 Å². The van der Waals surface area contributed by atoms with Crippen LogP contribution in [0.3, 0.4) is 0 Å². The number of rotatable bonds is 4. The largest absolute Gasteiger partial charge is 0.361 e. The fourth-order valence-corrected chi connectivity index (χ4v) is 5.86. The molecule has 2 aliphatic heterocycles. The molecule has 0 saturated carbocycles. The highest BCUT2D eigenvalue weighted by molar-refractivity contribution is 7.89. The van der Waals surface area contributed by atoms with E-state index in [2.05, 4.69) is 34.1 Å². The number of nitrogens with one attached hydrogen (secondary N) is 1. The molecule has 0 aliphatic carbocycles. The highest BCUT2D eigenvalue weighted by atomic mass is 32.2. The molecule has 0 bridgehead atoms. The van der Waals surface area contributed by atoms with Crippen molar-refractivity contribution in [1.29, 1.82) is 0 Å². The van der Waals surface area contributed by atoms with E-state index < -0.39 is 10.0 Å². The summed E-state index contributed by atoms with van der Waals surface area (Å²) in [5.74, 6) is 0. The Balaban J connectivity index is 1.47. The molecule has 2 aliphatic rings. The Morgan fingerprint density at radius 1 is 1.13 bits per heavy atom. The summed E-state index contributed by atoms with van der Waals surface area (Å²) in [4.78, 5) is 5.51. The minimum absolute atomic E-state index is 0.231. The van der Waals surface area contributed by atoms with Gasteiger partial charge in [0.2, 0.25) is 10.0 Å². The van der Waals surface area contributed by atoms with Gasteiger partial charge in [-0.05, 0) is 43.5 Å². The lowest BCUT2D eigenvalue weighted by Crippen LogP contribution is -2.38. The van der Waals surface area contributed by atoms with Gasteiger partial charge in [-0.3, -0.25) is 4.90 Å². The molecule has 4 rings (SSSR count). The van der Waals surface area contributed by atoms with Gasteiger partial charge in [-0.1, -0.05) is 12.1 Å². The predicted molar refractivity (Wildman–Crippen MR) is 91.7 cm³/mol. The van der Waals surface area contributed by atoms with E-state index in [-0.39, 0.29) is 5.25 Å². The van der Waals surface area contributed by atoms with Crippen LogP contribution < -0.4 is 0 Å². The number of nitrogens with zero attached hydrogens (tertiary/aromatic N) is 2. The SMILES string of the molecule is O=S(=O)(C1CCN(Cc2cccc3[nH]ccc23)C1)N1CCCC1. The second-order valence-corrected chi connectivity index (χ2v) is 8.87. The smallest absolute Gasteiger partial charge is 0.218 e. The Labute approximate surface area is 137 Å². The van der Waals surface area contributed by atoms with Crippen molar-refractivity contribution >= 4 is 20.9 Å². The average molecular weight is 333 g/mol. The van der Waals surface area contributed by atoms with Gasteiger partial charge in [0.05, 0.1) is 5.25 Å². The van der Waals surface area contributed by atoms with Crippen LogP contribution in [0.5, 0.6) is 0 Å². The minimum atomic E-state index is -3.11. The molecule has 2 saturated heterocycles. The van der Waals surface area contributed by atoms with Crippen LogP contribution in [0.25, 0.3) is 10.9 Å². The first-order valence-corrected chi connectivity index (χ1v) is 9.91. The van der Waals surface area contributed by atoms with Crippen molar-refractivity contribution < 1.29 is 8.42 Å². The van der Waals surface area contributed by atoms with Gasteiger partial charge in [-0.2, -0.15) is 0 Å². The summed E-state index contributed by atoms with van der Waals surface area (Å²) in [6.07, 6.45) is 4.72. The molecule has 1 N–H and O–H groups in total. The van der Waals surface area contributed by atoms with Crippen molar-refractivity contribution in [2.75, 3.05) is 26.2 Å². The molecular formula is C17H23N3O2S. The van der Waals surface area contributed by atoms with Crippen LogP contribution in [-0.4, -0.2) is 54.0 Å². The second kappa shape index (κ2) is 5.92. The van der Waals surface area contributed by atoms with E-state index in [4.69, 9.17) is 0 Å². The van der Waals surface area contributed by atoms with Gasteiger partial charge in [-0.15, -0.1) is 0 Å². The van der Waals surface area contributed by atoms with Crippen molar-refractivity contribution in [2.24, 2.45) is 0 Å². The number of sulfonamides is 1. The molecule has 5 nitrogen and oxygen atoms in total. The van der Waals surface area contributed by atoms with E-state index in [0.29, 0.717) is 19.6 Å². The van der Waals surface area contributed by atoms with Gasteiger partial charge in [0.15, 0.2) is 0 Å². The molecule has 23 heavy (non-hydrogen) atoms. The first-order chi connectivity index (χ1) is 11.1. The Kier molecular flexibility index (Phi) is 3.91. The lowest BCUT2D eigenvalue weighted by atomic mass is 10.1. The maximum absolute atomic E-state index is 12.7. The van der Waals surface area contributed by atoms with E-state index >= 15 is 0 Å². The zero-order chi connectivity index (χ0) is 15.9. The number of hydrogen-bond donors (Lipinski definition) is 1. The molecule has 1 atom stereocenters. The van der Waals surface area contributed by atoms with Gasteiger partial charge >= 0.3 is 0 Å². The molecule has 6 heteroatoms. The number of aromatic amines is 1. The highest BCUT2D eigenvalue weighted by Crippen LogP contribution is 2.26. The number of likely N-dealkylation sites (tertiary alicyclic amines) is 1. The number of fused-ring (bicyclic) bond motifs is 1. The second-order valence-electron chi connectivity index (χ2n) is 6.65. The number of hydrogen-bond acceptors (Lipinski definition) is 3. The van der Waals surface area contributed by atoms with Crippen LogP contribution in [0.2, 0.25) is 0 Å². The third-order valence-electron chi connectivity index (χ3n) is 5.15. The molecule has 0 amide bonds. The van der Waals surface area contributed by atoms with E-state index in [1.54, 1.807) is 4.31 Å². The first-order valence-electron chi connectivity index (χ1n) is 8.41. The van der Waals surface area contributed by atoms with Crippen molar-refractivity contribution in [3.8, 4) is 0 Å². The summed E-state index contributed by atoms with van der Waals surface area (Å²) in [6, 6.07) is 8.36. The fraction of sp³-hybridized carbons (Fsp3) is 0.529. The van der Waals surface area contributed by atoms with Crippen LogP contribution in [0.1, 0.15) is 24.8 Å². The van der Waals surface area contributed by atoms with Crippen molar-refractivity contribution in [3.05, 3.63) is 36.0 Å². The van der Waals surface area contributed by atoms with E-state index in [1.165, 1.54) is 10.9 Å². The van der Waals surface area contributed by atoms with Gasteiger partial charge < -0.3 is 4.98 Å². The summed E-state index contributed by atoms with van der Waals surface area (Å²) in [5.41, 5.74) is 2.41. The maximum atomic E-state index is 12.7. The number of H-pyrrole nitrogens is 1. The Morgan fingerprint density at radius 2 is 1.96 bits per heavy atom. The Hall–Kier alpha value is -1.37. The molecule has 3 heterocycles. The van der Waals surface area contributed by atoms with Crippen LogP contribution >= 0.6 is 0 Å². The van der Waals surface area contributed by atoms with Crippen LogP contribution in [0.15, 0.2) is 30.5 Å². The molecule has 2 aromatic rings. The summed E-state index contributed by atoms with van der Waals surface area (Å²) >= 11 is 0. The highest BCUT2D eigenvalue weighted by Gasteiger charge is 2.38. The molecule has 1 aromatic heterocycles. The van der Waals surface area contributed by atoms with Gasteiger partial charge in [-0.25, -0.2) is 12.7 Å². The predicted octanol–water partition coefficient (Wildman–Crippen LogP) is 2.17. The van der Waals surface area contributed by atoms with Gasteiger partial charge in [0.1, 0.15) is 0 Å². The van der Waals surface area contributed by atoms with Crippen LogP contribution in [0, 0.1) is 0 Å². The van der Waals surface area contributed by atoms with E-state index in [0.717, 1.165) is 37.9 Å². The molecule has 124 valence electrons. The van der Waals surface area contributed by atoms with Gasteiger partial charge in [0.25, 0.3) is 0 Å². The molecule has 0 spiro atoms. The quantitative estimate of drug-likeness (QED) is 0.933. The van der Waals surface area contributed by atoms with Crippen molar-refractivity contribution in [1.82, 2.24) is 14.2 Å². The summed E-state index contributed by atoms with van der Waals surface area (Å²) in [7, 11) is -3.11. The lowest BCUT2D eigenvalue weighted by molar-refractivity contribution is 0.331. The third kappa shape index (κ3) is 2.79. The van der Waals surface area contributed by atoms with Gasteiger partial charge in [0, 0.05) is 43.3 Å². The third-order valence-corrected chi connectivity index (χ3v) is 7.47. The fourth-order valence-electron chi connectivity index (χ4n) is 3.87. The molecule has 1 unspecified atom stereocenters. The Morgan fingerprint density at radius 3 is 2.78 bits per heavy atom. The molecular weight excluding hydrogens is 310 g/mol. The monoisotopic (exact) mass is 333 g/mol. The lowest BCUT2D eigenvalue weighted by Gasteiger charge is -2.21. The standard InChI is InChI=1S/C17H23N3O2S/c21-23(22,20-9-1-2-10-20)15-7-11-19(13-15)12-14-4-3-5-17-16(14)6-8-18-17/h3-6,8,15,18H,1-2,7,9-13H2. The van der Waals surface area contributed by atoms with Crippen LogP contribution in [0.4, 0.5) is 0 Å². The number of aromatic nitrogens is 1. The summed E-state index contributed by atoms with van der Waals surface area (Å²) in [6.45, 7) is 3.75. The first kappa shape index (κ1) is 15.2. The summed E-state index contributed by atoms with van der Waals surface area (Å²) in [5, 5.41) is 1.00. The Bertz CT molecular complexity index is 793. The van der Waals surface area contributed by atoms with Crippen molar-refractivity contribution in [2.45, 2.75) is 31.1 Å². The van der Waals surface area contributed by atoms with Crippen molar-refractivity contribution in [3.63, 3.8) is 0 Å². The molecule has 1 aromatic carbocycles. The maximum Gasteiger partial charge on any atom is 0.218 e. The molecule has 0 radical (unpaired) electrons. The zero-order valence-electron chi connectivity index (χ0n) is 13.2. The normalized spacial score (nSPS) is 23.9. The topological polar surface area (TPSA) is 56.4 Å².